The third-order valence-electron chi connectivity index (χ3n) is 2.87. The van der Waals surface area contributed by atoms with E-state index in [4.69, 9.17) is 4.42 Å². The van der Waals surface area contributed by atoms with E-state index in [1.165, 1.54) is 0 Å². The van der Waals surface area contributed by atoms with Crippen LogP contribution in [0.2, 0.25) is 0 Å². The van der Waals surface area contributed by atoms with Crippen molar-refractivity contribution in [3.63, 3.8) is 0 Å². The minimum Gasteiger partial charge on any atom is -0.420 e. The second-order valence-electron chi connectivity index (χ2n) is 4.04. The average molecular weight is 279 g/mol. The summed E-state index contributed by atoms with van der Waals surface area (Å²) in [5, 5.41) is 9.93. The molecular formula is C13H17N3O2S. The highest BCUT2D eigenvalue weighted by atomic mass is 32.1. The van der Waals surface area contributed by atoms with Crippen LogP contribution in [0.1, 0.15) is 26.2 Å². The lowest BCUT2D eigenvalue weighted by Gasteiger charge is -2.17. The molecular weight excluding hydrogens is 262 g/mol. The molecule has 0 bridgehead atoms. The van der Waals surface area contributed by atoms with Crippen LogP contribution in [0.3, 0.4) is 0 Å². The summed E-state index contributed by atoms with van der Waals surface area (Å²) in [7, 11) is 0. The lowest BCUT2D eigenvalue weighted by atomic mass is 10.2. The van der Waals surface area contributed by atoms with Crippen molar-refractivity contribution in [3.05, 3.63) is 23.4 Å². The summed E-state index contributed by atoms with van der Waals surface area (Å²) in [6, 6.07) is 3.87. The van der Waals surface area contributed by atoms with Crippen LogP contribution in [0.15, 0.2) is 21.9 Å². The van der Waals surface area contributed by atoms with Gasteiger partial charge in [0.25, 0.3) is 5.89 Å². The average Bonchev–Trinajstić information content (AvgIpc) is 3.08. The van der Waals surface area contributed by atoms with Gasteiger partial charge in [0.15, 0.2) is 0 Å². The van der Waals surface area contributed by atoms with E-state index in [0.717, 1.165) is 18.0 Å². The molecule has 0 atom stereocenters. The van der Waals surface area contributed by atoms with Crippen molar-refractivity contribution in [2.24, 2.45) is 0 Å². The minimum atomic E-state index is 0.126. The monoisotopic (exact) mass is 279 g/mol. The fraction of sp³-hybridized carbons (Fsp3) is 0.462. The molecule has 0 unspecified atom stereocenters. The molecule has 0 aliphatic rings. The highest BCUT2D eigenvalue weighted by molar-refractivity contribution is 7.13. The molecule has 0 N–H and O–H groups in total. The molecule has 2 heterocycles. The Bertz CT molecular complexity index is 518. The van der Waals surface area contributed by atoms with Gasteiger partial charge >= 0.3 is 0 Å². The molecule has 0 spiro atoms. The molecule has 0 aliphatic heterocycles. The van der Waals surface area contributed by atoms with Gasteiger partial charge < -0.3 is 9.32 Å². The number of thiophene rings is 1. The van der Waals surface area contributed by atoms with E-state index in [-0.39, 0.29) is 5.91 Å². The van der Waals surface area contributed by atoms with E-state index in [0.29, 0.717) is 24.6 Å². The quantitative estimate of drug-likeness (QED) is 0.815. The third kappa shape index (κ3) is 3.41. The van der Waals surface area contributed by atoms with Gasteiger partial charge in [-0.05, 0) is 25.3 Å². The zero-order valence-electron chi connectivity index (χ0n) is 11.1. The number of hydrogen-bond acceptors (Lipinski definition) is 5. The van der Waals surface area contributed by atoms with Gasteiger partial charge in [0, 0.05) is 25.9 Å². The number of rotatable bonds is 6. The Balaban J connectivity index is 1.92. The second kappa shape index (κ2) is 6.47. The lowest BCUT2D eigenvalue weighted by molar-refractivity contribution is -0.130. The molecule has 102 valence electrons. The van der Waals surface area contributed by atoms with Gasteiger partial charge in [-0.25, -0.2) is 0 Å². The summed E-state index contributed by atoms with van der Waals surface area (Å²) in [6.45, 7) is 5.42. The molecule has 2 aromatic heterocycles. The van der Waals surface area contributed by atoms with E-state index >= 15 is 0 Å². The van der Waals surface area contributed by atoms with Crippen LogP contribution in [0.25, 0.3) is 10.8 Å². The van der Waals surface area contributed by atoms with Crippen molar-refractivity contribution < 1.29 is 9.21 Å². The Morgan fingerprint density at radius 3 is 2.79 bits per heavy atom. The SMILES string of the molecule is CCN(CC)C(=O)CCc1nnc(-c2cccs2)o1. The first kappa shape index (κ1) is 13.7. The third-order valence-corrected chi connectivity index (χ3v) is 3.73. The zero-order valence-corrected chi connectivity index (χ0v) is 11.9. The Labute approximate surface area is 116 Å². The van der Waals surface area contributed by atoms with Crippen molar-refractivity contribution >= 4 is 17.2 Å². The van der Waals surface area contributed by atoms with Crippen LogP contribution in [-0.4, -0.2) is 34.1 Å². The van der Waals surface area contributed by atoms with Gasteiger partial charge in [-0.15, -0.1) is 21.5 Å². The smallest absolute Gasteiger partial charge is 0.257 e. The molecule has 2 aromatic rings. The van der Waals surface area contributed by atoms with E-state index in [1.807, 2.05) is 31.4 Å². The Hall–Kier alpha value is -1.69. The number of aryl methyl sites for hydroxylation is 1. The lowest BCUT2D eigenvalue weighted by Crippen LogP contribution is -2.30. The van der Waals surface area contributed by atoms with Gasteiger partial charge in [0.05, 0.1) is 4.88 Å². The van der Waals surface area contributed by atoms with Crippen LogP contribution in [0, 0.1) is 0 Å². The fourth-order valence-electron chi connectivity index (χ4n) is 1.80. The van der Waals surface area contributed by atoms with Crippen molar-refractivity contribution in [1.29, 1.82) is 0 Å². The molecule has 1 amide bonds. The molecule has 2 rings (SSSR count). The topological polar surface area (TPSA) is 59.2 Å². The maximum absolute atomic E-state index is 11.9. The maximum atomic E-state index is 11.9. The summed E-state index contributed by atoms with van der Waals surface area (Å²) < 4.78 is 5.54. The molecule has 0 radical (unpaired) electrons. The molecule has 19 heavy (non-hydrogen) atoms. The first-order valence-corrected chi connectivity index (χ1v) is 7.26. The van der Waals surface area contributed by atoms with Gasteiger partial charge in [-0.3, -0.25) is 4.79 Å². The van der Waals surface area contributed by atoms with Gasteiger partial charge in [-0.2, -0.15) is 0 Å². The summed E-state index contributed by atoms with van der Waals surface area (Å²) in [5.74, 6) is 1.17. The van der Waals surface area contributed by atoms with E-state index < -0.39 is 0 Å². The van der Waals surface area contributed by atoms with E-state index in [9.17, 15) is 4.79 Å². The first-order valence-electron chi connectivity index (χ1n) is 6.38. The summed E-state index contributed by atoms with van der Waals surface area (Å²) in [5.41, 5.74) is 0. The molecule has 0 aliphatic carbocycles. The van der Waals surface area contributed by atoms with Crippen molar-refractivity contribution in [3.8, 4) is 10.8 Å². The van der Waals surface area contributed by atoms with Crippen LogP contribution in [0.4, 0.5) is 0 Å². The zero-order chi connectivity index (χ0) is 13.7. The molecule has 6 heteroatoms. The summed E-state index contributed by atoms with van der Waals surface area (Å²) in [4.78, 5) is 14.6. The molecule has 0 saturated heterocycles. The number of nitrogens with zero attached hydrogens (tertiary/aromatic N) is 3. The van der Waals surface area contributed by atoms with Crippen molar-refractivity contribution in [1.82, 2.24) is 15.1 Å². The van der Waals surface area contributed by atoms with Crippen molar-refractivity contribution in [2.75, 3.05) is 13.1 Å². The van der Waals surface area contributed by atoms with E-state index in [2.05, 4.69) is 10.2 Å². The Morgan fingerprint density at radius 1 is 1.37 bits per heavy atom. The first-order chi connectivity index (χ1) is 9.24. The highest BCUT2D eigenvalue weighted by Gasteiger charge is 2.13. The van der Waals surface area contributed by atoms with Crippen LogP contribution >= 0.6 is 11.3 Å². The van der Waals surface area contributed by atoms with Crippen LogP contribution in [-0.2, 0) is 11.2 Å². The molecule has 5 nitrogen and oxygen atoms in total. The van der Waals surface area contributed by atoms with E-state index in [1.54, 1.807) is 16.2 Å². The summed E-state index contributed by atoms with van der Waals surface area (Å²) >= 11 is 1.55. The predicted molar refractivity (Wildman–Crippen MR) is 73.9 cm³/mol. The van der Waals surface area contributed by atoms with Crippen molar-refractivity contribution in [2.45, 2.75) is 26.7 Å². The van der Waals surface area contributed by atoms with Crippen LogP contribution < -0.4 is 0 Å². The van der Waals surface area contributed by atoms with Crippen LogP contribution in [0.5, 0.6) is 0 Å². The second-order valence-corrected chi connectivity index (χ2v) is 4.99. The Kier molecular flexibility index (Phi) is 4.68. The summed E-state index contributed by atoms with van der Waals surface area (Å²) in [6.07, 6.45) is 0.904. The number of hydrogen-bond donors (Lipinski definition) is 0. The maximum Gasteiger partial charge on any atom is 0.257 e. The highest BCUT2D eigenvalue weighted by Crippen LogP contribution is 2.23. The standard InChI is InChI=1S/C13H17N3O2S/c1-3-16(4-2)12(17)8-7-11-14-15-13(18-11)10-6-5-9-19-10/h5-6,9H,3-4,7-8H2,1-2H3. The molecule has 0 fully saturated rings. The van der Waals surface area contributed by atoms with Gasteiger partial charge in [0.2, 0.25) is 11.8 Å². The minimum absolute atomic E-state index is 0.126. The normalized spacial score (nSPS) is 10.6. The van der Waals surface area contributed by atoms with Gasteiger partial charge in [0.1, 0.15) is 0 Å². The Morgan fingerprint density at radius 2 is 2.16 bits per heavy atom. The molecule has 0 saturated carbocycles. The number of aromatic nitrogens is 2. The molecule has 0 aromatic carbocycles. The van der Waals surface area contributed by atoms with Gasteiger partial charge in [-0.1, -0.05) is 6.07 Å². The predicted octanol–water partition coefficient (Wildman–Crippen LogP) is 2.60. The largest absolute Gasteiger partial charge is 0.420 e. The number of amides is 1. The number of carbonyl (C=O) groups is 1. The fourth-order valence-corrected chi connectivity index (χ4v) is 2.45. The number of carbonyl (C=O) groups excluding carboxylic acids is 1.